The van der Waals surface area contributed by atoms with E-state index < -0.39 is 5.56 Å². The first-order chi connectivity index (χ1) is 10.0. The first-order valence-corrected chi connectivity index (χ1v) is 6.46. The fraction of sp³-hybridized carbons (Fsp3) is 0.500. The van der Waals surface area contributed by atoms with Crippen LogP contribution in [0.4, 0.5) is 5.95 Å². The highest BCUT2D eigenvalue weighted by atomic mass is 16.5. The zero-order valence-electron chi connectivity index (χ0n) is 11.6. The van der Waals surface area contributed by atoms with Gasteiger partial charge in [-0.2, -0.15) is 4.98 Å². The number of rotatable bonds is 6. The van der Waals surface area contributed by atoms with Gasteiger partial charge in [0.25, 0.3) is 5.56 Å². The van der Waals surface area contributed by atoms with E-state index in [-0.39, 0.29) is 36.6 Å². The lowest BCUT2D eigenvalue weighted by Crippen LogP contribution is -2.20. The summed E-state index contributed by atoms with van der Waals surface area (Å²) in [6, 6.07) is 0. The summed E-state index contributed by atoms with van der Waals surface area (Å²) in [5, 5.41) is 9.08. The van der Waals surface area contributed by atoms with Crippen molar-refractivity contribution < 1.29 is 14.6 Å². The Morgan fingerprint density at radius 1 is 1.62 bits per heavy atom. The largest absolute Gasteiger partial charge is 0.466 e. The van der Waals surface area contributed by atoms with Crippen molar-refractivity contribution in [2.24, 2.45) is 5.92 Å². The van der Waals surface area contributed by atoms with Crippen molar-refractivity contribution in [1.82, 2.24) is 19.5 Å². The quantitative estimate of drug-likeness (QED) is 0.597. The fourth-order valence-electron chi connectivity index (χ4n) is 2.03. The number of nitrogens with two attached hydrogens (primary N) is 1. The van der Waals surface area contributed by atoms with Gasteiger partial charge in [-0.05, 0) is 6.42 Å². The van der Waals surface area contributed by atoms with E-state index in [1.54, 1.807) is 4.57 Å². The summed E-state index contributed by atoms with van der Waals surface area (Å²) in [5.74, 6) is -0.487. The summed E-state index contributed by atoms with van der Waals surface area (Å²) >= 11 is 0. The molecule has 0 amide bonds. The third-order valence-corrected chi connectivity index (χ3v) is 3.01. The van der Waals surface area contributed by atoms with Crippen molar-refractivity contribution >= 4 is 23.1 Å². The summed E-state index contributed by atoms with van der Waals surface area (Å²) in [6.45, 7) is 1.87. The van der Waals surface area contributed by atoms with Crippen molar-refractivity contribution in [3.05, 3.63) is 16.7 Å². The molecule has 0 saturated heterocycles. The molecule has 0 aliphatic carbocycles. The molecule has 2 aromatic heterocycles. The average molecular weight is 295 g/mol. The van der Waals surface area contributed by atoms with Gasteiger partial charge in [0.2, 0.25) is 5.95 Å². The molecule has 0 bridgehead atoms. The molecule has 0 aliphatic rings. The number of fused-ring (bicyclic) bond motifs is 1. The first-order valence-electron chi connectivity index (χ1n) is 6.46. The van der Waals surface area contributed by atoms with Crippen LogP contribution < -0.4 is 11.3 Å². The maximum Gasteiger partial charge on any atom is 0.302 e. The molecule has 0 aromatic carbocycles. The zero-order valence-corrected chi connectivity index (χ0v) is 11.6. The Balaban J connectivity index is 2.24. The molecule has 114 valence electrons. The monoisotopic (exact) mass is 295 g/mol. The molecule has 2 aromatic rings. The number of anilines is 1. The Bertz CT molecular complexity index is 693. The molecule has 9 nitrogen and oxygen atoms in total. The maximum absolute atomic E-state index is 11.7. The highest BCUT2D eigenvalue weighted by Crippen LogP contribution is 2.12. The number of esters is 1. The molecule has 0 spiro atoms. The molecule has 0 saturated carbocycles. The number of hydrogen-bond acceptors (Lipinski definition) is 7. The number of ether oxygens (including phenoxy) is 1. The number of nitrogen functional groups attached to an aromatic ring is 1. The molecule has 0 radical (unpaired) electrons. The molecule has 0 unspecified atom stereocenters. The van der Waals surface area contributed by atoms with Crippen molar-refractivity contribution in [3.63, 3.8) is 0 Å². The van der Waals surface area contributed by atoms with E-state index in [1.807, 2.05) is 0 Å². The van der Waals surface area contributed by atoms with Crippen LogP contribution in [0.2, 0.25) is 0 Å². The normalized spacial score (nSPS) is 12.5. The lowest BCUT2D eigenvalue weighted by Gasteiger charge is -2.16. The number of nitrogens with zero attached hydrogens (tertiary/aromatic N) is 3. The summed E-state index contributed by atoms with van der Waals surface area (Å²) in [7, 11) is 0. The second kappa shape index (κ2) is 6.35. The molecule has 4 N–H and O–H groups in total. The van der Waals surface area contributed by atoms with Crippen LogP contribution in [0.25, 0.3) is 11.2 Å². The molecule has 1 atom stereocenters. The number of H-pyrrole nitrogens is 1. The number of imidazole rings is 1. The SMILES string of the molecule is CC(=O)OC[C@H](CCO)Cn1cnc2c(=O)[nH]c(N)nc21. The third kappa shape index (κ3) is 3.57. The number of nitrogens with one attached hydrogen (secondary N) is 1. The van der Waals surface area contributed by atoms with Crippen LogP contribution in [-0.2, 0) is 16.1 Å². The first kappa shape index (κ1) is 15.0. The van der Waals surface area contributed by atoms with E-state index in [0.29, 0.717) is 18.6 Å². The number of aromatic nitrogens is 4. The minimum atomic E-state index is -0.407. The van der Waals surface area contributed by atoms with Crippen LogP contribution >= 0.6 is 0 Å². The van der Waals surface area contributed by atoms with Gasteiger partial charge >= 0.3 is 5.97 Å². The molecule has 2 rings (SSSR count). The van der Waals surface area contributed by atoms with Crippen molar-refractivity contribution in [2.45, 2.75) is 19.9 Å². The van der Waals surface area contributed by atoms with Crippen molar-refractivity contribution in [3.8, 4) is 0 Å². The highest BCUT2D eigenvalue weighted by molar-refractivity contribution is 5.70. The van der Waals surface area contributed by atoms with Gasteiger partial charge in [0.15, 0.2) is 11.2 Å². The van der Waals surface area contributed by atoms with E-state index in [4.69, 9.17) is 15.6 Å². The molecule has 9 heteroatoms. The lowest BCUT2D eigenvalue weighted by atomic mass is 10.1. The summed E-state index contributed by atoms with van der Waals surface area (Å²) < 4.78 is 6.63. The highest BCUT2D eigenvalue weighted by Gasteiger charge is 2.15. The van der Waals surface area contributed by atoms with E-state index in [0.717, 1.165) is 0 Å². The molecule has 0 aliphatic heterocycles. The van der Waals surface area contributed by atoms with Gasteiger partial charge in [-0.25, -0.2) is 4.98 Å². The van der Waals surface area contributed by atoms with Gasteiger partial charge in [0.05, 0.1) is 12.9 Å². The molecule has 0 fully saturated rings. The molecule has 21 heavy (non-hydrogen) atoms. The smallest absolute Gasteiger partial charge is 0.302 e. The maximum atomic E-state index is 11.7. The Morgan fingerprint density at radius 2 is 2.38 bits per heavy atom. The van der Waals surface area contributed by atoms with Gasteiger partial charge < -0.3 is 20.1 Å². The van der Waals surface area contributed by atoms with Crippen LogP contribution in [-0.4, -0.2) is 43.8 Å². The predicted molar refractivity (Wildman–Crippen MR) is 74.4 cm³/mol. The predicted octanol–water partition coefficient (Wildman–Crippen LogP) is -0.736. The van der Waals surface area contributed by atoms with Crippen molar-refractivity contribution in [1.29, 1.82) is 0 Å². The topological polar surface area (TPSA) is 136 Å². The van der Waals surface area contributed by atoms with Crippen LogP contribution in [0.1, 0.15) is 13.3 Å². The summed E-state index contributed by atoms with van der Waals surface area (Å²) in [5.41, 5.74) is 5.67. The fourth-order valence-corrected chi connectivity index (χ4v) is 2.03. The lowest BCUT2D eigenvalue weighted by molar-refractivity contribution is -0.142. The number of carbonyl (C=O) groups is 1. The van der Waals surface area contributed by atoms with Gasteiger partial charge in [0, 0.05) is 26.0 Å². The Morgan fingerprint density at radius 3 is 3.05 bits per heavy atom. The minimum absolute atomic E-state index is 0.00736. The van der Waals surface area contributed by atoms with Crippen LogP contribution in [0.3, 0.4) is 0 Å². The Hall–Kier alpha value is -2.42. The standard InChI is InChI=1S/C12H17N5O4/c1-7(19)21-5-8(2-3-18)4-17-6-14-9-10(17)15-12(13)16-11(9)20/h6,8,18H,2-5H2,1H3,(H3,13,15,16,20)/t8-/m1/s1. The van der Waals surface area contributed by atoms with E-state index in [9.17, 15) is 9.59 Å². The molecular weight excluding hydrogens is 278 g/mol. The second-order valence-electron chi connectivity index (χ2n) is 4.70. The zero-order chi connectivity index (χ0) is 15.4. The number of aromatic amines is 1. The van der Waals surface area contributed by atoms with Crippen LogP contribution in [0.5, 0.6) is 0 Å². The van der Waals surface area contributed by atoms with E-state index >= 15 is 0 Å². The molecular formula is C12H17N5O4. The second-order valence-corrected chi connectivity index (χ2v) is 4.70. The van der Waals surface area contributed by atoms with Crippen molar-refractivity contribution in [2.75, 3.05) is 18.9 Å². The average Bonchev–Trinajstić information content (AvgIpc) is 2.79. The van der Waals surface area contributed by atoms with Crippen LogP contribution in [0, 0.1) is 5.92 Å². The van der Waals surface area contributed by atoms with Gasteiger partial charge in [0.1, 0.15) is 0 Å². The summed E-state index contributed by atoms with van der Waals surface area (Å²) in [6.07, 6.45) is 1.93. The van der Waals surface area contributed by atoms with Crippen LogP contribution in [0.15, 0.2) is 11.1 Å². The Kier molecular flexibility index (Phi) is 4.53. The Labute approximate surface area is 119 Å². The number of hydrogen-bond donors (Lipinski definition) is 3. The van der Waals surface area contributed by atoms with Gasteiger partial charge in [-0.3, -0.25) is 14.6 Å². The molecule has 2 heterocycles. The number of carbonyl (C=O) groups excluding carboxylic acids is 1. The number of aliphatic hydroxyl groups excluding tert-OH is 1. The minimum Gasteiger partial charge on any atom is -0.466 e. The van der Waals surface area contributed by atoms with E-state index in [2.05, 4.69) is 15.0 Å². The van der Waals surface area contributed by atoms with Gasteiger partial charge in [-0.15, -0.1) is 0 Å². The van der Waals surface area contributed by atoms with E-state index in [1.165, 1.54) is 13.3 Å². The third-order valence-electron chi connectivity index (χ3n) is 3.01. The summed E-state index contributed by atoms with van der Waals surface area (Å²) in [4.78, 5) is 33.0. The van der Waals surface area contributed by atoms with Gasteiger partial charge in [-0.1, -0.05) is 0 Å². The number of aliphatic hydroxyl groups is 1.